The van der Waals surface area contributed by atoms with Crippen LogP contribution >= 0.6 is 0 Å². The number of methoxy groups -OCH3 is 1. The van der Waals surface area contributed by atoms with Gasteiger partial charge in [0.1, 0.15) is 0 Å². The average Bonchev–Trinajstić information content (AvgIpc) is 2.68. The van der Waals surface area contributed by atoms with Gasteiger partial charge in [0, 0.05) is 18.5 Å². The Hall–Kier alpha value is -2.96. The van der Waals surface area contributed by atoms with Gasteiger partial charge >= 0.3 is 0 Å². The quantitative estimate of drug-likeness (QED) is 0.656. The van der Waals surface area contributed by atoms with Gasteiger partial charge in [-0.3, -0.25) is 4.79 Å². The largest absolute Gasteiger partial charge is 0.494 e. The molecule has 2 aromatic rings. The number of nitrogens with one attached hydrogen (secondary N) is 2. The van der Waals surface area contributed by atoms with Crippen LogP contribution in [-0.2, 0) is 10.0 Å². The van der Waals surface area contributed by atoms with Crippen LogP contribution in [0.3, 0.4) is 0 Å². The van der Waals surface area contributed by atoms with Gasteiger partial charge in [-0.15, -0.1) is 0 Å². The summed E-state index contributed by atoms with van der Waals surface area (Å²) < 4.78 is 45.1. The fourth-order valence-corrected chi connectivity index (χ4v) is 3.46. The third kappa shape index (κ3) is 5.28. The molecule has 0 aliphatic heterocycles. The first-order valence-corrected chi connectivity index (χ1v) is 9.88. The number of nitriles is 1. The van der Waals surface area contributed by atoms with Crippen molar-refractivity contribution in [3.63, 3.8) is 0 Å². The van der Waals surface area contributed by atoms with Crippen LogP contribution in [0.2, 0.25) is 0 Å². The zero-order valence-electron chi connectivity index (χ0n) is 15.4. The van der Waals surface area contributed by atoms with Crippen molar-refractivity contribution in [3.05, 3.63) is 59.4 Å². The lowest BCUT2D eigenvalue weighted by atomic mass is 10.1. The van der Waals surface area contributed by atoms with E-state index in [0.717, 1.165) is 0 Å². The Morgan fingerprint density at radius 1 is 1.25 bits per heavy atom. The number of nitrogens with zero attached hydrogens (tertiary/aromatic N) is 1. The number of carbonyl (C=O) groups excluding carboxylic acids is 1. The number of amides is 1. The molecule has 0 aromatic heterocycles. The molecule has 1 amide bonds. The van der Waals surface area contributed by atoms with Gasteiger partial charge in [0.25, 0.3) is 5.91 Å². The average molecular weight is 405 g/mol. The lowest BCUT2D eigenvalue weighted by molar-refractivity contribution is 0.0939. The van der Waals surface area contributed by atoms with Crippen LogP contribution in [0, 0.1) is 17.1 Å². The molecule has 0 fully saturated rings. The highest BCUT2D eigenvalue weighted by atomic mass is 32.2. The maximum atomic E-state index is 13.8. The SMILES string of the molecule is COc1ccc([C@@H](C)NC(=O)c2ccc(S(=O)(=O)NCCC#N)cc2)cc1F. The van der Waals surface area contributed by atoms with Crippen molar-refractivity contribution in [2.45, 2.75) is 24.3 Å². The third-order valence-electron chi connectivity index (χ3n) is 3.98. The number of rotatable bonds is 8. The molecule has 0 aliphatic carbocycles. The molecule has 0 saturated carbocycles. The van der Waals surface area contributed by atoms with Crippen molar-refractivity contribution in [2.75, 3.05) is 13.7 Å². The number of ether oxygens (including phenoxy) is 1. The zero-order valence-corrected chi connectivity index (χ0v) is 16.2. The topological polar surface area (TPSA) is 108 Å². The van der Waals surface area contributed by atoms with Gasteiger partial charge in [-0.05, 0) is 48.9 Å². The van der Waals surface area contributed by atoms with Crippen LogP contribution in [0.15, 0.2) is 47.4 Å². The maximum Gasteiger partial charge on any atom is 0.251 e. The molecule has 28 heavy (non-hydrogen) atoms. The highest BCUT2D eigenvalue weighted by Gasteiger charge is 2.16. The van der Waals surface area contributed by atoms with E-state index in [4.69, 9.17) is 10.00 Å². The predicted molar refractivity (Wildman–Crippen MR) is 101 cm³/mol. The molecule has 0 aliphatic rings. The highest BCUT2D eigenvalue weighted by Crippen LogP contribution is 2.22. The molecule has 9 heteroatoms. The Morgan fingerprint density at radius 2 is 1.93 bits per heavy atom. The van der Waals surface area contributed by atoms with Gasteiger partial charge in [-0.1, -0.05) is 6.07 Å². The first-order valence-electron chi connectivity index (χ1n) is 8.39. The summed E-state index contributed by atoms with van der Waals surface area (Å²) in [7, 11) is -2.37. The van der Waals surface area contributed by atoms with Crippen LogP contribution in [0.25, 0.3) is 0 Å². The van der Waals surface area contributed by atoms with Gasteiger partial charge in [0.2, 0.25) is 10.0 Å². The van der Waals surface area contributed by atoms with Crippen molar-refractivity contribution in [1.29, 1.82) is 5.26 Å². The molecular formula is C19H20FN3O4S. The number of hydrogen-bond acceptors (Lipinski definition) is 5. The Labute approximate surface area is 163 Å². The fourth-order valence-electron chi connectivity index (χ4n) is 2.43. The molecule has 2 rings (SSSR count). The van der Waals surface area contributed by atoms with Crippen molar-refractivity contribution < 1.29 is 22.3 Å². The second-order valence-corrected chi connectivity index (χ2v) is 7.69. The van der Waals surface area contributed by atoms with Crippen molar-refractivity contribution in [3.8, 4) is 11.8 Å². The van der Waals surface area contributed by atoms with Crippen LogP contribution in [0.5, 0.6) is 5.75 Å². The normalized spacial score (nSPS) is 12.1. The number of halogens is 1. The first kappa shape index (κ1) is 21.3. The summed E-state index contributed by atoms with van der Waals surface area (Å²) in [5.41, 5.74) is 0.823. The van der Waals surface area contributed by atoms with E-state index in [1.807, 2.05) is 6.07 Å². The number of sulfonamides is 1. The number of carbonyl (C=O) groups is 1. The minimum atomic E-state index is -3.74. The van der Waals surface area contributed by atoms with E-state index in [9.17, 15) is 17.6 Å². The van der Waals surface area contributed by atoms with E-state index in [0.29, 0.717) is 5.56 Å². The van der Waals surface area contributed by atoms with Crippen molar-refractivity contribution >= 4 is 15.9 Å². The van der Waals surface area contributed by atoms with Crippen molar-refractivity contribution in [1.82, 2.24) is 10.0 Å². The van der Waals surface area contributed by atoms with Gasteiger partial charge in [-0.25, -0.2) is 17.5 Å². The molecule has 0 spiro atoms. The van der Waals surface area contributed by atoms with E-state index >= 15 is 0 Å². The van der Waals surface area contributed by atoms with E-state index < -0.39 is 27.8 Å². The zero-order chi connectivity index (χ0) is 20.7. The molecule has 148 valence electrons. The van der Waals surface area contributed by atoms with Gasteiger partial charge < -0.3 is 10.1 Å². The fraction of sp³-hybridized carbons (Fsp3) is 0.263. The molecule has 2 aromatic carbocycles. The maximum absolute atomic E-state index is 13.8. The Bertz CT molecular complexity index is 985. The second-order valence-electron chi connectivity index (χ2n) is 5.92. The smallest absolute Gasteiger partial charge is 0.251 e. The summed E-state index contributed by atoms with van der Waals surface area (Å²) >= 11 is 0. The van der Waals surface area contributed by atoms with E-state index in [2.05, 4.69) is 10.0 Å². The van der Waals surface area contributed by atoms with Gasteiger partial charge in [0.15, 0.2) is 11.6 Å². The van der Waals surface area contributed by atoms with E-state index in [-0.39, 0.29) is 29.2 Å². The van der Waals surface area contributed by atoms with Crippen LogP contribution < -0.4 is 14.8 Å². The van der Waals surface area contributed by atoms with Crippen molar-refractivity contribution in [2.24, 2.45) is 0 Å². The molecule has 0 heterocycles. The van der Waals surface area contributed by atoms with Gasteiger partial charge in [-0.2, -0.15) is 5.26 Å². The molecule has 2 N–H and O–H groups in total. The van der Waals surface area contributed by atoms with E-state index in [1.54, 1.807) is 13.0 Å². The Morgan fingerprint density at radius 3 is 2.50 bits per heavy atom. The van der Waals surface area contributed by atoms with Crippen LogP contribution in [0.4, 0.5) is 4.39 Å². The summed E-state index contributed by atoms with van der Waals surface area (Å²) in [4.78, 5) is 12.4. The summed E-state index contributed by atoms with van der Waals surface area (Å²) in [6.07, 6.45) is 0.0591. The standard InChI is InChI=1S/C19H20FN3O4S/c1-13(15-6-9-18(27-2)17(20)12-15)23-19(24)14-4-7-16(8-5-14)28(25,26)22-11-3-10-21/h4-9,12-13,22H,3,11H2,1-2H3,(H,23,24)/t13-/m1/s1. The minimum Gasteiger partial charge on any atom is -0.494 e. The Balaban J connectivity index is 2.06. The van der Waals surface area contributed by atoms with Crippen LogP contribution in [0.1, 0.15) is 35.3 Å². The molecule has 0 unspecified atom stereocenters. The molecule has 0 bridgehead atoms. The van der Waals surface area contributed by atoms with E-state index in [1.165, 1.54) is 43.5 Å². The number of benzene rings is 2. The summed E-state index contributed by atoms with van der Waals surface area (Å²) in [5, 5.41) is 11.2. The molecule has 0 radical (unpaired) electrons. The minimum absolute atomic E-state index is 0.00716. The summed E-state index contributed by atoms with van der Waals surface area (Å²) in [6.45, 7) is 1.72. The Kier molecular flexibility index (Phi) is 7.09. The predicted octanol–water partition coefficient (Wildman–Crippen LogP) is 2.52. The lowest BCUT2D eigenvalue weighted by Crippen LogP contribution is -2.27. The number of hydrogen-bond donors (Lipinski definition) is 2. The van der Waals surface area contributed by atoms with Crippen LogP contribution in [-0.4, -0.2) is 28.0 Å². The third-order valence-corrected chi connectivity index (χ3v) is 5.46. The monoisotopic (exact) mass is 405 g/mol. The molecule has 0 saturated heterocycles. The second kappa shape index (κ2) is 9.30. The van der Waals surface area contributed by atoms with Gasteiger partial charge in [0.05, 0.1) is 24.1 Å². The molecule has 1 atom stereocenters. The molecular weight excluding hydrogens is 385 g/mol. The molecule has 7 nitrogen and oxygen atoms in total. The summed E-state index contributed by atoms with van der Waals surface area (Å²) in [6, 6.07) is 11.2. The highest BCUT2D eigenvalue weighted by molar-refractivity contribution is 7.89. The lowest BCUT2D eigenvalue weighted by Gasteiger charge is -2.15. The summed E-state index contributed by atoms with van der Waals surface area (Å²) in [5.74, 6) is -0.841. The first-order chi connectivity index (χ1) is 13.3.